The third-order valence-electron chi connectivity index (χ3n) is 4.22. The number of benzene rings is 2. The standard InChI is InChI=1S/C18H16N2O4/c21-17(20-8-7-12-3-1-2-4-14(12)20)10-19-18(22)13-5-6-15-16(9-13)24-11-23-15/h1-6,9H,7-8,10-11H2,(H,19,22). The number of carbonyl (C=O) groups excluding carboxylic acids is 2. The van der Waals surface area contributed by atoms with E-state index in [0.29, 0.717) is 23.6 Å². The fourth-order valence-corrected chi connectivity index (χ4v) is 2.99. The Morgan fingerprint density at radius 2 is 1.92 bits per heavy atom. The second kappa shape index (κ2) is 5.88. The number of carbonyl (C=O) groups is 2. The molecule has 2 heterocycles. The van der Waals surface area contributed by atoms with E-state index in [1.807, 2.05) is 24.3 Å². The van der Waals surface area contributed by atoms with Gasteiger partial charge in [-0.2, -0.15) is 0 Å². The SMILES string of the molecule is O=C(NCC(=O)N1CCc2ccccc21)c1ccc2c(c1)OCO2. The van der Waals surface area contributed by atoms with E-state index in [1.165, 1.54) is 0 Å². The molecule has 4 rings (SSSR count). The van der Waals surface area contributed by atoms with Crippen LogP contribution in [-0.4, -0.2) is 31.7 Å². The van der Waals surface area contributed by atoms with E-state index in [-0.39, 0.29) is 25.2 Å². The van der Waals surface area contributed by atoms with E-state index in [4.69, 9.17) is 9.47 Å². The minimum atomic E-state index is -0.311. The largest absolute Gasteiger partial charge is 0.454 e. The van der Waals surface area contributed by atoms with Gasteiger partial charge in [-0.05, 0) is 36.2 Å². The van der Waals surface area contributed by atoms with Crippen LogP contribution < -0.4 is 19.7 Å². The van der Waals surface area contributed by atoms with Gasteiger partial charge in [0.15, 0.2) is 11.5 Å². The zero-order chi connectivity index (χ0) is 16.5. The Labute approximate surface area is 139 Å². The predicted molar refractivity (Wildman–Crippen MR) is 87.4 cm³/mol. The van der Waals surface area contributed by atoms with E-state index in [9.17, 15) is 9.59 Å². The lowest BCUT2D eigenvalue weighted by Gasteiger charge is -2.17. The number of anilines is 1. The van der Waals surface area contributed by atoms with Crippen molar-refractivity contribution in [1.29, 1.82) is 0 Å². The van der Waals surface area contributed by atoms with Crippen molar-refractivity contribution in [3.05, 3.63) is 53.6 Å². The van der Waals surface area contributed by atoms with Crippen molar-refractivity contribution in [2.45, 2.75) is 6.42 Å². The molecule has 0 atom stereocenters. The van der Waals surface area contributed by atoms with Gasteiger partial charge in [0, 0.05) is 17.8 Å². The zero-order valence-corrected chi connectivity index (χ0v) is 13.0. The summed E-state index contributed by atoms with van der Waals surface area (Å²) in [4.78, 5) is 26.3. The molecule has 0 aromatic heterocycles. The molecular formula is C18H16N2O4. The maximum atomic E-state index is 12.4. The molecule has 0 saturated carbocycles. The van der Waals surface area contributed by atoms with E-state index < -0.39 is 0 Å². The average molecular weight is 324 g/mol. The van der Waals surface area contributed by atoms with Gasteiger partial charge >= 0.3 is 0 Å². The van der Waals surface area contributed by atoms with Crippen molar-refractivity contribution in [3.63, 3.8) is 0 Å². The third-order valence-corrected chi connectivity index (χ3v) is 4.22. The van der Waals surface area contributed by atoms with Crippen LogP contribution in [0.3, 0.4) is 0 Å². The number of para-hydroxylation sites is 1. The van der Waals surface area contributed by atoms with Gasteiger partial charge in [0.25, 0.3) is 5.91 Å². The lowest BCUT2D eigenvalue weighted by Crippen LogP contribution is -2.39. The molecule has 6 nitrogen and oxygen atoms in total. The molecule has 2 aromatic carbocycles. The monoisotopic (exact) mass is 324 g/mol. The van der Waals surface area contributed by atoms with Crippen LogP contribution in [0.2, 0.25) is 0 Å². The Hall–Kier alpha value is -3.02. The average Bonchev–Trinajstić information content (AvgIpc) is 3.25. The second-order valence-corrected chi connectivity index (χ2v) is 5.67. The van der Waals surface area contributed by atoms with Gasteiger partial charge in [0.05, 0.1) is 6.54 Å². The normalized spacial score (nSPS) is 14.4. The van der Waals surface area contributed by atoms with Crippen LogP contribution in [-0.2, 0) is 11.2 Å². The molecule has 24 heavy (non-hydrogen) atoms. The van der Waals surface area contributed by atoms with Crippen molar-refractivity contribution in [2.75, 3.05) is 24.8 Å². The fraction of sp³-hybridized carbons (Fsp3) is 0.222. The highest BCUT2D eigenvalue weighted by atomic mass is 16.7. The topological polar surface area (TPSA) is 67.9 Å². The molecule has 2 amide bonds. The number of nitrogens with zero attached hydrogens (tertiary/aromatic N) is 1. The van der Waals surface area contributed by atoms with E-state index in [0.717, 1.165) is 17.7 Å². The smallest absolute Gasteiger partial charge is 0.251 e. The van der Waals surface area contributed by atoms with Gasteiger partial charge in [-0.3, -0.25) is 9.59 Å². The molecule has 6 heteroatoms. The predicted octanol–water partition coefficient (Wildman–Crippen LogP) is 1.73. The van der Waals surface area contributed by atoms with Crippen LogP contribution in [0.5, 0.6) is 11.5 Å². The van der Waals surface area contributed by atoms with E-state index >= 15 is 0 Å². The van der Waals surface area contributed by atoms with Crippen molar-refractivity contribution >= 4 is 17.5 Å². The number of rotatable bonds is 3. The molecule has 0 aliphatic carbocycles. The summed E-state index contributed by atoms with van der Waals surface area (Å²) in [7, 11) is 0. The first-order valence-corrected chi connectivity index (χ1v) is 7.78. The number of ether oxygens (including phenoxy) is 2. The van der Waals surface area contributed by atoms with Crippen LogP contribution in [0.4, 0.5) is 5.69 Å². The highest BCUT2D eigenvalue weighted by Gasteiger charge is 2.24. The summed E-state index contributed by atoms with van der Waals surface area (Å²) >= 11 is 0. The van der Waals surface area contributed by atoms with Gasteiger partial charge in [-0.1, -0.05) is 18.2 Å². The minimum absolute atomic E-state index is 0.0401. The summed E-state index contributed by atoms with van der Waals surface area (Å²) in [5.74, 6) is 0.738. The lowest BCUT2D eigenvalue weighted by atomic mass is 10.2. The number of nitrogens with one attached hydrogen (secondary N) is 1. The summed E-state index contributed by atoms with van der Waals surface area (Å²) in [6.45, 7) is 0.771. The molecular weight excluding hydrogens is 308 g/mol. The summed E-state index contributed by atoms with van der Waals surface area (Å²) in [6, 6.07) is 12.8. The summed E-state index contributed by atoms with van der Waals surface area (Å²) in [5, 5.41) is 2.67. The van der Waals surface area contributed by atoms with E-state index in [1.54, 1.807) is 23.1 Å². The first-order valence-electron chi connectivity index (χ1n) is 7.78. The number of amides is 2. The second-order valence-electron chi connectivity index (χ2n) is 5.67. The number of fused-ring (bicyclic) bond motifs is 2. The maximum absolute atomic E-state index is 12.4. The van der Waals surface area contributed by atoms with Gasteiger partial charge in [0.2, 0.25) is 12.7 Å². The van der Waals surface area contributed by atoms with Crippen molar-refractivity contribution in [2.24, 2.45) is 0 Å². The molecule has 0 unspecified atom stereocenters. The first-order chi connectivity index (χ1) is 11.7. The first kappa shape index (κ1) is 14.6. The molecule has 0 fully saturated rings. The summed E-state index contributed by atoms with van der Waals surface area (Å²) < 4.78 is 10.5. The number of hydrogen-bond acceptors (Lipinski definition) is 4. The Kier molecular flexibility index (Phi) is 3.57. The highest BCUT2D eigenvalue weighted by molar-refractivity contribution is 6.01. The van der Waals surface area contributed by atoms with Crippen LogP contribution in [0, 0.1) is 0 Å². The van der Waals surface area contributed by atoms with Crippen molar-refractivity contribution in [1.82, 2.24) is 5.32 Å². The minimum Gasteiger partial charge on any atom is -0.454 e. The molecule has 0 spiro atoms. The quantitative estimate of drug-likeness (QED) is 0.934. The maximum Gasteiger partial charge on any atom is 0.251 e. The molecule has 2 aliphatic heterocycles. The molecule has 0 radical (unpaired) electrons. The molecule has 2 aliphatic rings. The fourth-order valence-electron chi connectivity index (χ4n) is 2.99. The third kappa shape index (κ3) is 2.56. The molecule has 2 aromatic rings. The Balaban J connectivity index is 1.40. The Bertz CT molecular complexity index is 818. The van der Waals surface area contributed by atoms with Gasteiger partial charge in [-0.15, -0.1) is 0 Å². The van der Waals surface area contributed by atoms with Gasteiger partial charge in [-0.25, -0.2) is 0 Å². The molecule has 122 valence electrons. The summed E-state index contributed by atoms with van der Waals surface area (Å²) in [6.07, 6.45) is 0.845. The van der Waals surface area contributed by atoms with Crippen LogP contribution in [0.25, 0.3) is 0 Å². The van der Waals surface area contributed by atoms with Crippen LogP contribution in [0.1, 0.15) is 15.9 Å². The lowest BCUT2D eigenvalue weighted by molar-refractivity contribution is -0.117. The Morgan fingerprint density at radius 1 is 1.08 bits per heavy atom. The van der Waals surface area contributed by atoms with Gasteiger partial charge in [0.1, 0.15) is 0 Å². The molecule has 0 bridgehead atoms. The van der Waals surface area contributed by atoms with Gasteiger partial charge < -0.3 is 19.7 Å². The van der Waals surface area contributed by atoms with Crippen molar-refractivity contribution < 1.29 is 19.1 Å². The number of hydrogen-bond donors (Lipinski definition) is 1. The molecule has 0 saturated heterocycles. The van der Waals surface area contributed by atoms with Crippen LogP contribution >= 0.6 is 0 Å². The van der Waals surface area contributed by atoms with Crippen LogP contribution in [0.15, 0.2) is 42.5 Å². The Morgan fingerprint density at radius 3 is 2.83 bits per heavy atom. The highest BCUT2D eigenvalue weighted by Crippen LogP contribution is 2.32. The van der Waals surface area contributed by atoms with E-state index in [2.05, 4.69) is 5.32 Å². The zero-order valence-electron chi connectivity index (χ0n) is 13.0. The summed E-state index contributed by atoms with van der Waals surface area (Å²) in [5.41, 5.74) is 2.53. The molecule has 1 N–H and O–H groups in total. The van der Waals surface area contributed by atoms with Crippen molar-refractivity contribution in [3.8, 4) is 11.5 Å².